The molecule has 0 radical (unpaired) electrons. The van der Waals surface area contributed by atoms with E-state index in [4.69, 9.17) is 9.47 Å². The summed E-state index contributed by atoms with van der Waals surface area (Å²) in [6.45, 7) is 11.4. The number of aromatic nitrogens is 1. The molecule has 6 amide bonds. The van der Waals surface area contributed by atoms with Gasteiger partial charge in [0, 0.05) is 52.2 Å². The molecule has 3 atom stereocenters. The lowest BCUT2D eigenvalue weighted by molar-refractivity contribution is -0.144. The monoisotopic (exact) mass is 908 g/mol. The first-order valence-electron chi connectivity index (χ1n) is 22.4. The van der Waals surface area contributed by atoms with Gasteiger partial charge >= 0.3 is 12.2 Å². The molecule has 0 spiro atoms. The molecular weight excluding hydrogens is 853 g/mol. The van der Waals surface area contributed by atoms with E-state index in [1.807, 2.05) is 0 Å². The standard InChI is InChI=1S/C51H56N8O8/c1-50(2,3)57-49(65)66-44(32-14-8-7-9-15-32)47(63)59-27-13-19-41(59)46(62)53-34-22-20-31(21-23-34)43-37(30-52)36-29-35(24-25-39(36)55-43)54-45(61)40-18-12-26-58(40)42(60)28-33-16-10-11-17-38(33)56-48(64)67-51(4,5)6/h7-11,14-17,20-25,29,40-41,44,55H,12-13,18-19,26-28H2,1-6H3,(H,53,62)(H,54,61)(H,56,64)(H,57,65)/t40-,41-,44+/m0/s1. The number of hydrogen-bond acceptors (Lipinski definition) is 9. The van der Waals surface area contributed by atoms with Gasteiger partial charge in [-0.3, -0.25) is 24.5 Å². The Balaban J connectivity index is 1.00. The van der Waals surface area contributed by atoms with Gasteiger partial charge in [-0.1, -0.05) is 60.7 Å². The van der Waals surface area contributed by atoms with Crippen LogP contribution in [0, 0.1) is 11.3 Å². The number of nitrogens with zero attached hydrogens (tertiary/aromatic N) is 3. The van der Waals surface area contributed by atoms with Crippen molar-refractivity contribution in [3.8, 4) is 17.3 Å². The van der Waals surface area contributed by atoms with Gasteiger partial charge in [0.15, 0.2) is 0 Å². The number of likely N-dealkylation sites (tertiary alicyclic amines) is 2. The number of para-hydroxylation sites is 1. The molecule has 0 unspecified atom stereocenters. The summed E-state index contributed by atoms with van der Waals surface area (Å²) in [5, 5.41) is 22.3. The highest BCUT2D eigenvalue weighted by molar-refractivity contribution is 6.02. The molecule has 1 aromatic heterocycles. The van der Waals surface area contributed by atoms with Crippen LogP contribution in [0.1, 0.15) is 90.0 Å². The van der Waals surface area contributed by atoms with E-state index in [1.54, 1.807) is 144 Å². The molecule has 16 nitrogen and oxygen atoms in total. The van der Waals surface area contributed by atoms with E-state index >= 15 is 0 Å². The second-order valence-corrected chi connectivity index (χ2v) is 18.8. The third kappa shape index (κ3) is 11.6. The van der Waals surface area contributed by atoms with Gasteiger partial charge in [0.2, 0.25) is 23.8 Å². The maximum Gasteiger partial charge on any atom is 0.412 e. The quantitative estimate of drug-likeness (QED) is 0.0859. The van der Waals surface area contributed by atoms with Crippen molar-refractivity contribution in [3.05, 3.63) is 114 Å². The van der Waals surface area contributed by atoms with Crippen LogP contribution in [0.15, 0.2) is 97.1 Å². The fourth-order valence-corrected chi connectivity index (χ4v) is 8.37. The Bertz CT molecular complexity index is 2710. The van der Waals surface area contributed by atoms with Gasteiger partial charge in [-0.25, -0.2) is 9.59 Å². The normalized spacial score (nSPS) is 16.4. The molecule has 0 bridgehead atoms. The Hall–Kier alpha value is -7.67. The smallest absolute Gasteiger partial charge is 0.412 e. The number of nitriles is 1. The zero-order valence-electron chi connectivity index (χ0n) is 38.5. The second-order valence-electron chi connectivity index (χ2n) is 18.8. The molecule has 2 saturated heterocycles. The van der Waals surface area contributed by atoms with Crippen molar-refractivity contribution in [1.29, 1.82) is 5.26 Å². The predicted octanol–water partition coefficient (Wildman–Crippen LogP) is 8.42. The molecule has 67 heavy (non-hydrogen) atoms. The van der Waals surface area contributed by atoms with Crippen LogP contribution < -0.4 is 21.3 Å². The summed E-state index contributed by atoms with van der Waals surface area (Å²) in [7, 11) is 0. The first-order valence-corrected chi connectivity index (χ1v) is 22.4. The van der Waals surface area contributed by atoms with Crippen LogP contribution in [0.2, 0.25) is 0 Å². The van der Waals surface area contributed by atoms with Gasteiger partial charge in [-0.15, -0.1) is 0 Å². The van der Waals surface area contributed by atoms with E-state index in [1.165, 1.54) is 4.90 Å². The van der Waals surface area contributed by atoms with Crippen LogP contribution in [0.3, 0.4) is 0 Å². The molecule has 16 heteroatoms. The second kappa shape index (κ2) is 19.8. The summed E-state index contributed by atoms with van der Waals surface area (Å²) in [5.74, 6) is -1.48. The summed E-state index contributed by atoms with van der Waals surface area (Å²) in [5.41, 5.74) is 3.42. The van der Waals surface area contributed by atoms with Crippen molar-refractivity contribution >= 4 is 63.8 Å². The largest absolute Gasteiger partial charge is 0.444 e. The maximum atomic E-state index is 14.0. The summed E-state index contributed by atoms with van der Waals surface area (Å²) < 4.78 is 11.1. The Morgan fingerprint density at radius 3 is 2.01 bits per heavy atom. The zero-order valence-corrected chi connectivity index (χ0v) is 38.5. The lowest BCUT2D eigenvalue weighted by atomic mass is 10.0. The van der Waals surface area contributed by atoms with E-state index < -0.39 is 47.4 Å². The zero-order chi connectivity index (χ0) is 48.0. The van der Waals surface area contributed by atoms with Gasteiger partial charge in [-0.05, 0) is 115 Å². The molecule has 5 N–H and O–H groups in total. The van der Waals surface area contributed by atoms with Crippen LogP contribution in [0.25, 0.3) is 22.2 Å². The van der Waals surface area contributed by atoms with E-state index in [-0.39, 0.29) is 24.1 Å². The third-order valence-electron chi connectivity index (χ3n) is 11.4. The number of anilines is 3. The van der Waals surface area contributed by atoms with Gasteiger partial charge < -0.3 is 40.2 Å². The van der Waals surface area contributed by atoms with Crippen molar-refractivity contribution in [2.75, 3.05) is 29.0 Å². The fraction of sp³-hybridized carbons (Fsp3) is 0.353. The van der Waals surface area contributed by atoms with Gasteiger partial charge in [0.25, 0.3) is 5.91 Å². The minimum Gasteiger partial charge on any atom is -0.444 e. The van der Waals surface area contributed by atoms with Crippen molar-refractivity contribution in [2.45, 2.75) is 103 Å². The van der Waals surface area contributed by atoms with Gasteiger partial charge in [0.05, 0.1) is 17.7 Å². The number of benzene rings is 4. The number of rotatable bonds is 11. The highest BCUT2D eigenvalue weighted by atomic mass is 16.6. The number of ether oxygens (including phenoxy) is 2. The van der Waals surface area contributed by atoms with Gasteiger partial charge in [0.1, 0.15) is 23.8 Å². The van der Waals surface area contributed by atoms with Crippen molar-refractivity contribution in [2.24, 2.45) is 0 Å². The van der Waals surface area contributed by atoms with Crippen LogP contribution in [0.4, 0.5) is 26.7 Å². The van der Waals surface area contributed by atoms with Crippen LogP contribution >= 0.6 is 0 Å². The third-order valence-corrected chi connectivity index (χ3v) is 11.4. The molecule has 3 heterocycles. The van der Waals surface area contributed by atoms with Crippen LogP contribution in [-0.2, 0) is 35.1 Å². The van der Waals surface area contributed by atoms with Crippen molar-refractivity contribution in [1.82, 2.24) is 20.1 Å². The molecule has 0 aliphatic carbocycles. The van der Waals surface area contributed by atoms with E-state index in [2.05, 4.69) is 32.3 Å². The number of H-pyrrole nitrogens is 1. The number of fused-ring (bicyclic) bond motifs is 1. The minimum atomic E-state index is -1.25. The fourth-order valence-electron chi connectivity index (χ4n) is 8.37. The van der Waals surface area contributed by atoms with E-state index in [9.17, 15) is 34.0 Å². The number of hydrogen-bond donors (Lipinski definition) is 5. The SMILES string of the molecule is CC(C)(C)NC(=O)O[C@@H](C(=O)N1CCC[C@H]1C(=O)Nc1ccc(-c2[nH]c3ccc(NC(=O)[C@@H]4CCCN4C(=O)Cc4ccccc4NC(=O)OC(C)(C)C)cc3c2C#N)cc1)c1ccccc1. The number of nitrogens with one attached hydrogen (secondary N) is 5. The summed E-state index contributed by atoms with van der Waals surface area (Å²) >= 11 is 0. The van der Waals surface area contributed by atoms with E-state index in [0.717, 1.165) is 0 Å². The van der Waals surface area contributed by atoms with Crippen molar-refractivity contribution < 1.29 is 38.2 Å². The van der Waals surface area contributed by atoms with Gasteiger partial charge in [-0.2, -0.15) is 5.26 Å². The van der Waals surface area contributed by atoms with E-state index in [0.29, 0.717) is 94.7 Å². The maximum absolute atomic E-state index is 14.0. The number of carbonyl (C=O) groups is 6. The molecule has 7 rings (SSSR count). The molecule has 348 valence electrons. The number of amides is 6. The minimum absolute atomic E-state index is 0.0290. The Labute approximate surface area is 389 Å². The lowest BCUT2D eigenvalue weighted by Gasteiger charge is -2.29. The highest BCUT2D eigenvalue weighted by Crippen LogP contribution is 2.34. The first kappa shape index (κ1) is 47.3. The number of alkyl carbamates (subject to hydrolysis) is 1. The molecule has 2 fully saturated rings. The number of aromatic amines is 1. The first-order chi connectivity index (χ1) is 31.9. The Morgan fingerprint density at radius 2 is 1.36 bits per heavy atom. The van der Waals surface area contributed by atoms with Crippen LogP contribution in [-0.4, -0.2) is 86.9 Å². The average molecular weight is 909 g/mol. The summed E-state index contributed by atoms with van der Waals surface area (Å²) in [6.07, 6.45) is -0.518. The molecule has 2 aliphatic heterocycles. The highest BCUT2D eigenvalue weighted by Gasteiger charge is 2.40. The number of carbonyl (C=O) groups excluding carboxylic acids is 6. The molecule has 0 saturated carbocycles. The summed E-state index contributed by atoms with van der Waals surface area (Å²) in [4.78, 5) is 86.8. The molecule has 2 aliphatic rings. The van der Waals surface area contributed by atoms with Crippen LogP contribution in [0.5, 0.6) is 0 Å². The molecule has 4 aromatic carbocycles. The molecule has 5 aromatic rings. The molecular formula is C51H56N8O8. The Kier molecular flexibility index (Phi) is 14.0. The summed E-state index contributed by atoms with van der Waals surface area (Å²) in [6, 6.07) is 28.7. The predicted molar refractivity (Wildman–Crippen MR) is 254 cm³/mol. The topological polar surface area (TPSA) is 215 Å². The lowest BCUT2D eigenvalue weighted by Crippen LogP contribution is -2.47. The van der Waals surface area contributed by atoms with Crippen molar-refractivity contribution in [3.63, 3.8) is 0 Å². The average Bonchev–Trinajstić information content (AvgIpc) is 4.05. The Morgan fingerprint density at radius 1 is 0.746 bits per heavy atom.